The van der Waals surface area contributed by atoms with Crippen LogP contribution in [0.15, 0.2) is 12.3 Å². The van der Waals surface area contributed by atoms with Gasteiger partial charge in [0.15, 0.2) is 0 Å². The summed E-state index contributed by atoms with van der Waals surface area (Å²) in [4.78, 5) is 18.9. The van der Waals surface area contributed by atoms with E-state index >= 15 is 0 Å². The van der Waals surface area contributed by atoms with Crippen molar-refractivity contribution in [2.75, 3.05) is 35.7 Å². The number of anilines is 2. The number of fused-ring (bicyclic) bond motifs is 1. The van der Waals surface area contributed by atoms with Gasteiger partial charge in [-0.1, -0.05) is 6.92 Å². The van der Waals surface area contributed by atoms with Gasteiger partial charge in [-0.3, -0.25) is 4.98 Å². The Balaban J connectivity index is 1.66. The molecule has 0 bridgehead atoms. The monoisotopic (exact) mass is 492 g/mol. The molecule has 33 heavy (non-hydrogen) atoms. The van der Waals surface area contributed by atoms with E-state index < -0.39 is 12.3 Å². The maximum atomic E-state index is 13.2. The number of nitrogens with one attached hydrogen (secondary N) is 2. The molecule has 0 aliphatic heterocycles. The molecule has 3 aromatic heterocycles. The first-order valence-corrected chi connectivity index (χ1v) is 13.6. The van der Waals surface area contributed by atoms with E-state index in [2.05, 4.69) is 26.9 Å². The molecular weight excluding hydrogens is 462 g/mol. The first-order valence-electron chi connectivity index (χ1n) is 11.4. The lowest BCUT2D eigenvalue weighted by molar-refractivity contribution is 0.0721. The lowest BCUT2D eigenvalue weighted by Gasteiger charge is -2.17. The highest BCUT2D eigenvalue weighted by atomic mass is 32.2. The summed E-state index contributed by atoms with van der Waals surface area (Å²) < 4.78 is 27.5. The molecule has 1 fully saturated rings. The Labute approximate surface area is 201 Å². The lowest BCUT2D eigenvalue weighted by atomic mass is 10.0. The second-order valence-corrected chi connectivity index (χ2v) is 10.3. The fourth-order valence-electron chi connectivity index (χ4n) is 3.82. The minimum atomic E-state index is -2.32. The topological polar surface area (TPSA) is 75.6 Å². The van der Waals surface area contributed by atoms with E-state index in [1.165, 1.54) is 0 Å². The fourth-order valence-corrected chi connectivity index (χ4v) is 5.20. The molecular formula is C23H30F2N6S2. The van der Waals surface area contributed by atoms with Gasteiger partial charge in [-0.15, -0.1) is 11.3 Å². The maximum Gasteiger partial charge on any atom is 0.241 e. The third-order valence-corrected chi connectivity index (χ3v) is 7.53. The highest BCUT2D eigenvalue weighted by Crippen LogP contribution is 2.44. The Bertz CT molecular complexity index is 1090. The smallest absolute Gasteiger partial charge is 0.241 e. The molecule has 0 spiro atoms. The zero-order valence-corrected chi connectivity index (χ0v) is 20.8. The molecule has 178 valence electrons. The van der Waals surface area contributed by atoms with E-state index in [1.807, 2.05) is 19.2 Å². The highest BCUT2D eigenvalue weighted by molar-refractivity contribution is 7.98. The van der Waals surface area contributed by atoms with Gasteiger partial charge in [0.05, 0.1) is 21.7 Å². The molecule has 0 aromatic carbocycles. The molecule has 0 saturated heterocycles. The van der Waals surface area contributed by atoms with Crippen molar-refractivity contribution in [2.24, 2.45) is 5.92 Å². The van der Waals surface area contributed by atoms with Gasteiger partial charge < -0.3 is 10.6 Å². The second-order valence-electron chi connectivity index (χ2n) is 8.33. The summed E-state index contributed by atoms with van der Waals surface area (Å²) in [6.45, 7) is 4.91. The van der Waals surface area contributed by atoms with Gasteiger partial charge in [-0.25, -0.2) is 18.7 Å². The second kappa shape index (κ2) is 10.9. The number of thioether (sulfide) groups is 1. The standard InChI is InChI=1S/C23H30F2N6S2/c1-4-14(20(24)25)7-9-27-21-17(13(2)29-23(31-21)28-11-12-32-3)22-30-19-16(33-22)8-10-26-18(19)15-5-6-15/h8,10,14-15,20H,4-7,9,11-12H2,1-3H3,(H2,27,28,29,31). The van der Waals surface area contributed by atoms with Crippen LogP contribution in [0, 0.1) is 12.8 Å². The van der Waals surface area contributed by atoms with Crippen molar-refractivity contribution in [3.8, 4) is 10.6 Å². The number of aryl methyl sites for hydroxylation is 1. The number of halogens is 2. The Hall–Kier alpha value is -2.07. The average molecular weight is 493 g/mol. The zero-order valence-electron chi connectivity index (χ0n) is 19.2. The lowest BCUT2D eigenvalue weighted by Crippen LogP contribution is -2.17. The molecule has 1 atom stereocenters. The predicted molar refractivity (Wildman–Crippen MR) is 135 cm³/mol. The molecule has 1 aliphatic carbocycles. The van der Waals surface area contributed by atoms with Crippen LogP contribution in [0.1, 0.15) is 49.9 Å². The molecule has 1 saturated carbocycles. The first-order chi connectivity index (χ1) is 16.0. The maximum absolute atomic E-state index is 13.2. The molecule has 3 aromatic rings. The third kappa shape index (κ3) is 5.71. The molecule has 0 amide bonds. The van der Waals surface area contributed by atoms with Gasteiger partial charge in [0.2, 0.25) is 12.4 Å². The third-order valence-electron chi connectivity index (χ3n) is 5.88. The minimum absolute atomic E-state index is 0.376. The normalized spacial score (nSPS) is 14.7. The summed E-state index contributed by atoms with van der Waals surface area (Å²) in [5.74, 6) is 1.99. The van der Waals surface area contributed by atoms with E-state index in [-0.39, 0.29) is 0 Å². The summed E-state index contributed by atoms with van der Waals surface area (Å²) in [6.07, 6.45) is 4.74. The molecule has 3 heterocycles. The first kappa shape index (κ1) is 24.1. The number of rotatable bonds is 12. The molecule has 2 N–H and O–H groups in total. The van der Waals surface area contributed by atoms with Crippen LogP contribution < -0.4 is 10.6 Å². The van der Waals surface area contributed by atoms with E-state index in [9.17, 15) is 8.78 Å². The molecule has 6 nitrogen and oxygen atoms in total. The van der Waals surface area contributed by atoms with Gasteiger partial charge in [-0.2, -0.15) is 16.7 Å². The van der Waals surface area contributed by atoms with Crippen molar-refractivity contribution < 1.29 is 8.78 Å². The van der Waals surface area contributed by atoms with Crippen LogP contribution >= 0.6 is 23.1 Å². The van der Waals surface area contributed by atoms with Crippen LogP contribution in [0.5, 0.6) is 0 Å². The van der Waals surface area contributed by atoms with E-state index in [0.29, 0.717) is 37.1 Å². The Morgan fingerprint density at radius 3 is 2.70 bits per heavy atom. The summed E-state index contributed by atoms with van der Waals surface area (Å²) in [7, 11) is 0. The van der Waals surface area contributed by atoms with Crippen molar-refractivity contribution >= 4 is 45.1 Å². The van der Waals surface area contributed by atoms with Crippen molar-refractivity contribution in [1.29, 1.82) is 0 Å². The molecule has 1 aliphatic rings. The van der Waals surface area contributed by atoms with Crippen LogP contribution in [0.25, 0.3) is 20.8 Å². The van der Waals surface area contributed by atoms with Crippen molar-refractivity contribution in [3.05, 3.63) is 23.7 Å². The zero-order chi connectivity index (χ0) is 23.4. The SMILES string of the molecule is CCC(CCNc1nc(NCCSC)nc(C)c1-c1nc2c(C3CC3)nccc2s1)C(F)F. The number of nitrogens with zero attached hydrogens (tertiary/aromatic N) is 4. The predicted octanol–water partition coefficient (Wildman–Crippen LogP) is 6.20. The van der Waals surface area contributed by atoms with Crippen LogP contribution in [0.4, 0.5) is 20.5 Å². The van der Waals surface area contributed by atoms with E-state index in [1.54, 1.807) is 30.0 Å². The van der Waals surface area contributed by atoms with Gasteiger partial charge in [0.1, 0.15) is 16.3 Å². The average Bonchev–Trinajstić information content (AvgIpc) is 3.54. The number of alkyl halides is 2. The molecule has 0 radical (unpaired) electrons. The van der Waals surface area contributed by atoms with Gasteiger partial charge in [0.25, 0.3) is 0 Å². The quantitative estimate of drug-likeness (QED) is 0.291. The summed E-state index contributed by atoms with van der Waals surface area (Å²) in [5, 5.41) is 7.41. The van der Waals surface area contributed by atoms with Crippen molar-refractivity contribution in [2.45, 2.75) is 51.9 Å². The number of aromatic nitrogens is 4. The number of hydrogen-bond acceptors (Lipinski definition) is 8. The van der Waals surface area contributed by atoms with Crippen LogP contribution in [0.2, 0.25) is 0 Å². The van der Waals surface area contributed by atoms with Crippen LogP contribution in [0.3, 0.4) is 0 Å². The van der Waals surface area contributed by atoms with E-state index in [4.69, 9.17) is 9.97 Å². The van der Waals surface area contributed by atoms with Crippen molar-refractivity contribution in [1.82, 2.24) is 19.9 Å². The van der Waals surface area contributed by atoms with Gasteiger partial charge in [0, 0.05) is 36.9 Å². The summed E-state index contributed by atoms with van der Waals surface area (Å²) >= 11 is 3.34. The Morgan fingerprint density at radius 2 is 2.00 bits per heavy atom. The largest absolute Gasteiger partial charge is 0.369 e. The molecule has 1 unspecified atom stereocenters. The number of thiazole rings is 1. The van der Waals surface area contributed by atoms with Crippen molar-refractivity contribution in [3.63, 3.8) is 0 Å². The number of hydrogen-bond donors (Lipinski definition) is 2. The van der Waals surface area contributed by atoms with Gasteiger partial charge in [-0.05, 0) is 44.9 Å². The summed E-state index contributed by atoms with van der Waals surface area (Å²) in [6, 6.07) is 2.00. The van der Waals surface area contributed by atoms with E-state index in [0.717, 1.165) is 57.3 Å². The number of pyridine rings is 1. The van der Waals surface area contributed by atoms with Crippen LogP contribution in [-0.2, 0) is 0 Å². The van der Waals surface area contributed by atoms with Crippen LogP contribution in [-0.4, -0.2) is 51.5 Å². The Morgan fingerprint density at radius 1 is 1.18 bits per heavy atom. The molecule has 10 heteroatoms. The molecule has 4 rings (SSSR count). The Kier molecular flexibility index (Phi) is 7.95. The fraction of sp³-hybridized carbons (Fsp3) is 0.565. The minimum Gasteiger partial charge on any atom is -0.369 e. The summed E-state index contributed by atoms with van der Waals surface area (Å²) in [5.41, 5.74) is 3.66. The van der Waals surface area contributed by atoms with Gasteiger partial charge >= 0.3 is 0 Å². The highest BCUT2D eigenvalue weighted by Gasteiger charge is 2.29.